The Labute approximate surface area is 116 Å². The van der Waals surface area contributed by atoms with Crippen LogP contribution in [0.4, 0.5) is 0 Å². The Morgan fingerprint density at radius 1 is 1.20 bits per heavy atom. The lowest BCUT2D eigenvalue weighted by molar-refractivity contribution is -0.122. The molecule has 0 saturated heterocycles. The summed E-state index contributed by atoms with van der Waals surface area (Å²) >= 11 is 0. The highest BCUT2D eigenvalue weighted by molar-refractivity contribution is 7.86. The van der Waals surface area contributed by atoms with Crippen molar-refractivity contribution in [1.29, 1.82) is 0 Å². The van der Waals surface area contributed by atoms with Crippen molar-refractivity contribution in [3.05, 3.63) is 29.8 Å². The summed E-state index contributed by atoms with van der Waals surface area (Å²) in [5.74, 6) is -0.512. The molecule has 8 heteroatoms. The summed E-state index contributed by atoms with van der Waals surface area (Å²) in [5.41, 5.74) is 1.10. The molecule has 1 aliphatic heterocycles. The molecule has 7 nitrogen and oxygen atoms in total. The molecule has 1 heterocycles. The summed E-state index contributed by atoms with van der Waals surface area (Å²) in [4.78, 5) is 11.6. The quantitative estimate of drug-likeness (QED) is 0.775. The number of nitrogens with zero attached hydrogens (tertiary/aromatic N) is 3. The minimum absolute atomic E-state index is 0.0270. The number of hydrogen-bond donors (Lipinski definition) is 0. The Morgan fingerprint density at radius 3 is 2.30 bits per heavy atom. The first-order valence-electron chi connectivity index (χ1n) is 5.73. The van der Waals surface area contributed by atoms with Crippen molar-refractivity contribution < 1.29 is 17.5 Å². The van der Waals surface area contributed by atoms with Gasteiger partial charge < -0.3 is 0 Å². The van der Waals surface area contributed by atoms with Crippen LogP contribution >= 0.6 is 0 Å². The molecule has 1 amide bonds. The van der Waals surface area contributed by atoms with Gasteiger partial charge in [0.1, 0.15) is 4.90 Å². The van der Waals surface area contributed by atoms with Crippen molar-refractivity contribution in [1.82, 2.24) is 5.01 Å². The van der Waals surface area contributed by atoms with Gasteiger partial charge in [-0.3, -0.25) is 9.08 Å². The molecule has 0 aromatic heterocycles. The zero-order chi connectivity index (χ0) is 14.9. The molecular weight excluding hydrogens is 282 g/mol. The number of rotatable bonds is 3. The van der Waals surface area contributed by atoms with E-state index in [0.29, 0.717) is 5.71 Å². The van der Waals surface area contributed by atoms with Gasteiger partial charge in [-0.1, -0.05) is 22.9 Å². The Morgan fingerprint density at radius 2 is 1.80 bits per heavy atom. The number of amides is 1. The molecule has 0 N–H and O–H groups in total. The third-order valence-electron chi connectivity index (χ3n) is 2.68. The molecule has 0 atom stereocenters. The number of hydrogen-bond acceptors (Lipinski definition) is 6. The summed E-state index contributed by atoms with van der Waals surface area (Å²) in [5, 5.41) is 8.31. The second-order valence-corrected chi connectivity index (χ2v) is 5.82. The highest BCUT2D eigenvalue weighted by Crippen LogP contribution is 2.14. The summed E-state index contributed by atoms with van der Waals surface area (Å²) in [6, 6.07) is 6.11. The van der Waals surface area contributed by atoms with Crippen LogP contribution in [-0.2, 0) is 19.2 Å². The van der Waals surface area contributed by atoms with Crippen molar-refractivity contribution in [2.24, 2.45) is 10.3 Å². The summed E-state index contributed by atoms with van der Waals surface area (Å²) < 4.78 is 28.4. The first-order chi connectivity index (χ1) is 9.31. The van der Waals surface area contributed by atoms with Crippen LogP contribution in [0.5, 0.6) is 0 Å². The largest absolute Gasteiger partial charge is 0.358 e. The summed E-state index contributed by atoms with van der Waals surface area (Å²) in [6.07, 6.45) is 0. The fourth-order valence-electron chi connectivity index (χ4n) is 1.57. The highest BCUT2D eigenvalue weighted by Gasteiger charge is 2.28. The topological polar surface area (TPSA) is 88.4 Å². The van der Waals surface area contributed by atoms with Crippen molar-refractivity contribution in [2.45, 2.75) is 18.7 Å². The second kappa shape index (κ2) is 5.04. The number of carbonyl (C=O) groups excluding carboxylic acids is 1. The Hall–Kier alpha value is -2.22. The van der Waals surface area contributed by atoms with Crippen molar-refractivity contribution in [3.8, 4) is 0 Å². The molecule has 1 aliphatic rings. The minimum Gasteiger partial charge on any atom is -0.265 e. The van der Waals surface area contributed by atoms with Gasteiger partial charge in [-0.05, 0) is 26.0 Å². The van der Waals surface area contributed by atoms with Gasteiger partial charge in [0.15, 0.2) is 5.71 Å². The SMILES string of the molecule is CC1=NN(C)C(=O)C1=NOS(=O)(=O)c1ccc(C)cc1. The lowest BCUT2D eigenvalue weighted by Gasteiger charge is -2.03. The lowest BCUT2D eigenvalue weighted by atomic mass is 10.2. The van der Waals surface area contributed by atoms with E-state index >= 15 is 0 Å². The van der Waals surface area contributed by atoms with Gasteiger partial charge >= 0.3 is 10.1 Å². The molecule has 2 rings (SSSR count). The van der Waals surface area contributed by atoms with Crippen molar-refractivity contribution in [3.63, 3.8) is 0 Å². The van der Waals surface area contributed by atoms with E-state index in [9.17, 15) is 13.2 Å². The van der Waals surface area contributed by atoms with E-state index in [2.05, 4.69) is 14.5 Å². The molecule has 1 aromatic rings. The molecule has 0 fully saturated rings. The molecular formula is C12H13N3O4S. The Kier molecular flexibility index (Phi) is 3.58. The van der Waals surface area contributed by atoms with Gasteiger partial charge in [0.2, 0.25) is 0 Å². The second-order valence-electron chi connectivity index (χ2n) is 4.30. The maximum Gasteiger partial charge on any atom is 0.358 e. The molecule has 0 radical (unpaired) electrons. The molecule has 0 saturated carbocycles. The van der Waals surface area contributed by atoms with Gasteiger partial charge in [0.25, 0.3) is 5.91 Å². The monoisotopic (exact) mass is 295 g/mol. The van der Waals surface area contributed by atoms with Crippen LogP contribution in [0.3, 0.4) is 0 Å². The molecule has 0 spiro atoms. The van der Waals surface area contributed by atoms with E-state index in [1.54, 1.807) is 19.1 Å². The van der Waals surface area contributed by atoms with Crippen LogP contribution in [0, 0.1) is 6.92 Å². The van der Waals surface area contributed by atoms with E-state index in [0.717, 1.165) is 10.6 Å². The zero-order valence-electron chi connectivity index (χ0n) is 11.2. The normalized spacial score (nSPS) is 17.6. The first-order valence-corrected chi connectivity index (χ1v) is 7.14. The van der Waals surface area contributed by atoms with Crippen molar-refractivity contribution in [2.75, 3.05) is 7.05 Å². The number of benzene rings is 1. The summed E-state index contributed by atoms with van der Waals surface area (Å²) in [7, 11) is -2.59. The molecule has 0 bridgehead atoms. The van der Waals surface area contributed by atoms with E-state index in [4.69, 9.17) is 0 Å². The molecule has 0 aliphatic carbocycles. The molecule has 20 heavy (non-hydrogen) atoms. The summed E-state index contributed by atoms with van der Waals surface area (Å²) in [6.45, 7) is 3.38. The van der Waals surface area contributed by atoms with Crippen molar-refractivity contribution >= 4 is 27.4 Å². The highest BCUT2D eigenvalue weighted by atomic mass is 32.2. The van der Waals surface area contributed by atoms with Crippen LogP contribution in [0.15, 0.2) is 39.4 Å². The van der Waals surface area contributed by atoms with Crippen LogP contribution < -0.4 is 0 Å². The predicted molar refractivity (Wildman–Crippen MR) is 72.8 cm³/mol. The minimum atomic E-state index is -4.04. The van der Waals surface area contributed by atoms with Gasteiger partial charge in [0, 0.05) is 7.05 Å². The van der Waals surface area contributed by atoms with Gasteiger partial charge in [-0.15, -0.1) is 0 Å². The third kappa shape index (κ3) is 2.69. The standard InChI is InChI=1S/C12H13N3O4S/c1-8-4-6-10(7-5-8)20(17,18)19-14-11-9(2)13-15(3)12(11)16/h4-7H,1-3H3. The number of oxime groups is 1. The number of carbonyl (C=O) groups is 1. The number of hydrazone groups is 1. The maximum absolute atomic E-state index is 11.9. The van der Waals surface area contributed by atoms with Gasteiger partial charge in [0.05, 0.1) is 5.71 Å². The van der Waals surface area contributed by atoms with Crippen LogP contribution in [-0.4, -0.2) is 37.8 Å². The van der Waals surface area contributed by atoms with Crippen LogP contribution in [0.25, 0.3) is 0 Å². The fraction of sp³-hybridized carbons (Fsp3) is 0.250. The zero-order valence-corrected chi connectivity index (χ0v) is 12.0. The van der Waals surface area contributed by atoms with E-state index in [1.165, 1.54) is 19.2 Å². The van der Waals surface area contributed by atoms with E-state index in [1.807, 2.05) is 6.92 Å². The van der Waals surface area contributed by atoms with Crippen LogP contribution in [0.2, 0.25) is 0 Å². The first kappa shape index (κ1) is 14.2. The van der Waals surface area contributed by atoms with E-state index in [-0.39, 0.29) is 10.6 Å². The van der Waals surface area contributed by atoms with Crippen LogP contribution in [0.1, 0.15) is 12.5 Å². The Balaban J connectivity index is 2.24. The average molecular weight is 295 g/mol. The maximum atomic E-state index is 11.9. The predicted octanol–water partition coefficient (Wildman–Crippen LogP) is 0.904. The van der Waals surface area contributed by atoms with Gasteiger partial charge in [-0.25, -0.2) is 5.01 Å². The third-order valence-corrected chi connectivity index (χ3v) is 3.80. The molecule has 1 aromatic carbocycles. The van der Waals surface area contributed by atoms with E-state index < -0.39 is 16.0 Å². The fourth-order valence-corrected chi connectivity index (χ4v) is 2.29. The Bertz CT molecular complexity index is 705. The molecule has 0 unspecified atom stereocenters. The smallest absolute Gasteiger partial charge is 0.265 e. The number of aryl methyl sites for hydroxylation is 1. The lowest BCUT2D eigenvalue weighted by Crippen LogP contribution is -2.24. The average Bonchev–Trinajstić information content (AvgIpc) is 2.62. The molecule has 106 valence electrons. The van der Waals surface area contributed by atoms with Gasteiger partial charge in [-0.2, -0.15) is 13.5 Å².